The summed E-state index contributed by atoms with van der Waals surface area (Å²) < 4.78 is 11.3. The predicted molar refractivity (Wildman–Crippen MR) is 80.3 cm³/mol. The van der Waals surface area contributed by atoms with Crippen molar-refractivity contribution < 1.29 is 9.47 Å². The minimum atomic E-state index is -0.217. The molecule has 0 bridgehead atoms. The first-order valence-electron chi connectivity index (χ1n) is 7.24. The molecule has 0 aromatic heterocycles. The molecule has 1 rings (SSSR count). The highest BCUT2D eigenvalue weighted by Gasteiger charge is 2.06. The lowest BCUT2D eigenvalue weighted by atomic mass is 10.0. The van der Waals surface area contributed by atoms with Gasteiger partial charge in [-0.05, 0) is 30.4 Å². The third-order valence-corrected chi connectivity index (χ3v) is 2.85. The van der Waals surface area contributed by atoms with Crippen LogP contribution in [-0.2, 0) is 9.47 Å². The van der Waals surface area contributed by atoms with E-state index in [1.807, 2.05) is 12.1 Å². The van der Waals surface area contributed by atoms with E-state index in [0.29, 0.717) is 5.92 Å². The van der Waals surface area contributed by atoms with Gasteiger partial charge in [-0.15, -0.1) is 0 Å². The van der Waals surface area contributed by atoms with E-state index in [0.717, 1.165) is 26.1 Å². The second-order valence-electron chi connectivity index (χ2n) is 4.69. The molecule has 1 atom stereocenters. The molecule has 1 aromatic rings. The molecule has 0 aliphatic rings. The van der Waals surface area contributed by atoms with E-state index in [4.69, 9.17) is 9.47 Å². The van der Waals surface area contributed by atoms with Gasteiger partial charge in [-0.25, -0.2) is 0 Å². The van der Waals surface area contributed by atoms with Crippen LogP contribution in [0.4, 0.5) is 0 Å². The van der Waals surface area contributed by atoms with Crippen molar-refractivity contribution in [3.05, 3.63) is 48.0 Å². The molecule has 19 heavy (non-hydrogen) atoms. The molecule has 0 radical (unpaired) electrons. The van der Waals surface area contributed by atoms with E-state index >= 15 is 0 Å². The summed E-state index contributed by atoms with van der Waals surface area (Å²) in [7, 11) is 0. The molecule has 0 N–H and O–H groups in total. The quantitative estimate of drug-likeness (QED) is 0.481. The van der Waals surface area contributed by atoms with Crippen LogP contribution in [0, 0.1) is 0 Å². The lowest BCUT2D eigenvalue weighted by molar-refractivity contribution is -0.111. The van der Waals surface area contributed by atoms with Gasteiger partial charge in [-0.1, -0.05) is 57.2 Å². The van der Waals surface area contributed by atoms with Crippen LogP contribution in [0.3, 0.4) is 0 Å². The first-order valence-corrected chi connectivity index (χ1v) is 7.24. The smallest absolute Gasteiger partial charge is 0.176 e. The summed E-state index contributed by atoms with van der Waals surface area (Å²) in [5, 5.41) is 0. The SMILES string of the molecule is CCCOC(/C=C/C(C)c1ccccc1)OCCC. The second-order valence-corrected chi connectivity index (χ2v) is 4.69. The number of ether oxygens (including phenoxy) is 2. The molecular weight excluding hydrogens is 236 g/mol. The van der Waals surface area contributed by atoms with Crippen LogP contribution in [-0.4, -0.2) is 19.5 Å². The fourth-order valence-corrected chi connectivity index (χ4v) is 1.75. The summed E-state index contributed by atoms with van der Waals surface area (Å²) in [6, 6.07) is 10.5. The van der Waals surface area contributed by atoms with E-state index < -0.39 is 0 Å². The Hall–Kier alpha value is -1.12. The standard InChI is InChI=1S/C17H26O2/c1-4-13-18-17(19-14-5-2)12-11-15(3)16-9-7-6-8-10-16/h6-12,15,17H,4-5,13-14H2,1-3H3/b12-11+. The highest BCUT2D eigenvalue weighted by atomic mass is 16.7. The van der Waals surface area contributed by atoms with Crippen molar-refractivity contribution in [2.24, 2.45) is 0 Å². The van der Waals surface area contributed by atoms with Crippen LogP contribution < -0.4 is 0 Å². The maximum absolute atomic E-state index is 5.67. The molecule has 0 aliphatic carbocycles. The van der Waals surface area contributed by atoms with Crippen molar-refractivity contribution in [2.75, 3.05) is 13.2 Å². The Labute approximate surface area is 117 Å². The van der Waals surface area contributed by atoms with Gasteiger partial charge in [0.2, 0.25) is 0 Å². The monoisotopic (exact) mass is 262 g/mol. The number of hydrogen-bond acceptors (Lipinski definition) is 2. The Bertz CT molecular complexity index is 338. The van der Waals surface area contributed by atoms with Crippen molar-refractivity contribution in [1.29, 1.82) is 0 Å². The molecule has 0 heterocycles. The van der Waals surface area contributed by atoms with Gasteiger partial charge < -0.3 is 9.47 Å². The molecule has 106 valence electrons. The minimum Gasteiger partial charge on any atom is -0.349 e. The number of allylic oxidation sites excluding steroid dienone is 1. The fourth-order valence-electron chi connectivity index (χ4n) is 1.75. The average molecular weight is 262 g/mol. The van der Waals surface area contributed by atoms with E-state index in [2.05, 4.69) is 51.1 Å². The van der Waals surface area contributed by atoms with E-state index in [1.54, 1.807) is 0 Å². The maximum Gasteiger partial charge on any atom is 0.176 e. The summed E-state index contributed by atoms with van der Waals surface area (Å²) in [6.07, 6.45) is 5.99. The first kappa shape index (κ1) is 15.9. The highest BCUT2D eigenvalue weighted by molar-refractivity contribution is 5.22. The fraction of sp³-hybridized carbons (Fsp3) is 0.529. The van der Waals surface area contributed by atoms with Gasteiger partial charge in [0.1, 0.15) is 0 Å². The molecule has 0 fully saturated rings. The number of benzene rings is 1. The van der Waals surface area contributed by atoms with Crippen LogP contribution in [0.25, 0.3) is 0 Å². The lowest BCUT2D eigenvalue weighted by Gasteiger charge is -2.15. The van der Waals surface area contributed by atoms with Crippen molar-refractivity contribution in [3.8, 4) is 0 Å². The zero-order valence-corrected chi connectivity index (χ0v) is 12.3. The normalized spacial score (nSPS) is 13.3. The second kappa shape index (κ2) is 9.76. The lowest BCUT2D eigenvalue weighted by Crippen LogP contribution is -2.16. The Morgan fingerprint density at radius 1 is 0.947 bits per heavy atom. The van der Waals surface area contributed by atoms with E-state index in [1.165, 1.54) is 5.56 Å². The van der Waals surface area contributed by atoms with Gasteiger partial charge >= 0.3 is 0 Å². The maximum atomic E-state index is 5.67. The van der Waals surface area contributed by atoms with Crippen LogP contribution >= 0.6 is 0 Å². The predicted octanol–water partition coefficient (Wildman–Crippen LogP) is 4.53. The summed E-state index contributed by atoms with van der Waals surface area (Å²) >= 11 is 0. The molecule has 1 unspecified atom stereocenters. The van der Waals surface area contributed by atoms with Crippen LogP contribution in [0.5, 0.6) is 0 Å². The van der Waals surface area contributed by atoms with Crippen molar-refractivity contribution in [1.82, 2.24) is 0 Å². The summed E-state index contributed by atoms with van der Waals surface area (Å²) in [4.78, 5) is 0. The van der Waals surface area contributed by atoms with Crippen molar-refractivity contribution in [2.45, 2.75) is 45.8 Å². The van der Waals surface area contributed by atoms with E-state index in [-0.39, 0.29) is 6.29 Å². The molecule has 1 aromatic carbocycles. The molecule has 0 amide bonds. The molecule has 2 heteroatoms. The third kappa shape index (κ3) is 6.55. The Balaban J connectivity index is 2.53. The Morgan fingerprint density at radius 2 is 1.53 bits per heavy atom. The van der Waals surface area contributed by atoms with Gasteiger partial charge in [0.15, 0.2) is 6.29 Å². The van der Waals surface area contributed by atoms with Crippen molar-refractivity contribution >= 4 is 0 Å². The molecule has 0 saturated heterocycles. The van der Waals surface area contributed by atoms with Crippen molar-refractivity contribution in [3.63, 3.8) is 0 Å². The Morgan fingerprint density at radius 3 is 2.05 bits per heavy atom. The van der Waals surface area contributed by atoms with E-state index in [9.17, 15) is 0 Å². The molecule has 0 aliphatic heterocycles. The van der Waals surface area contributed by atoms with Crippen LogP contribution in [0.1, 0.15) is 45.1 Å². The molecule has 0 spiro atoms. The zero-order chi connectivity index (χ0) is 13.9. The largest absolute Gasteiger partial charge is 0.349 e. The van der Waals surface area contributed by atoms with Gasteiger partial charge in [0.05, 0.1) is 0 Å². The number of rotatable bonds is 9. The summed E-state index contributed by atoms with van der Waals surface area (Å²) in [6.45, 7) is 7.86. The van der Waals surface area contributed by atoms with Crippen LogP contribution in [0.2, 0.25) is 0 Å². The highest BCUT2D eigenvalue weighted by Crippen LogP contribution is 2.16. The summed E-state index contributed by atoms with van der Waals surface area (Å²) in [5.41, 5.74) is 1.31. The number of hydrogen-bond donors (Lipinski definition) is 0. The average Bonchev–Trinajstić information content (AvgIpc) is 2.47. The third-order valence-electron chi connectivity index (χ3n) is 2.85. The van der Waals surface area contributed by atoms with Gasteiger partial charge in [0, 0.05) is 13.2 Å². The van der Waals surface area contributed by atoms with Crippen LogP contribution in [0.15, 0.2) is 42.5 Å². The Kier molecular flexibility index (Phi) is 8.19. The zero-order valence-electron chi connectivity index (χ0n) is 12.3. The molecular formula is C17H26O2. The minimum absolute atomic E-state index is 0.217. The van der Waals surface area contributed by atoms with Gasteiger partial charge in [-0.3, -0.25) is 0 Å². The topological polar surface area (TPSA) is 18.5 Å². The van der Waals surface area contributed by atoms with Gasteiger partial charge in [-0.2, -0.15) is 0 Å². The first-order chi connectivity index (χ1) is 9.27. The van der Waals surface area contributed by atoms with Gasteiger partial charge in [0.25, 0.3) is 0 Å². The molecule has 0 saturated carbocycles. The molecule has 2 nitrogen and oxygen atoms in total. The summed E-state index contributed by atoms with van der Waals surface area (Å²) in [5.74, 6) is 0.374.